The predicted octanol–water partition coefficient (Wildman–Crippen LogP) is -0.133. The lowest BCUT2D eigenvalue weighted by atomic mass is 10.0. The zero-order valence-electron chi connectivity index (χ0n) is 12.0. The van der Waals surface area contributed by atoms with Crippen LogP contribution in [0.5, 0.6) is 0 Å². The van der Waals surface area contributed by atoms with Crippen LogP contribution in [-0.4, -0.2) is 56.1 Å². The van der Waals surface area contributed by atoms with Crippen molar-refractivity contribution in [2.75, 3.05) is 26.3 Å². The maximum absolute atomic E-state index is 12.2. The van der Waals surface area contributed by atoms with Crippen molar-refractivity contribution in [1.29, 1.82) is 0 Å². The molecular weight excluding hydrogens is 284 g/mol. The quantitative estimate of drug-likeness (QED) is 0.639. The Morgan fingerprint density at radius 1 is 1.55 bits per heavy atom. The molecule has 0 radical (unpaired) electrons. The van der Waals surface area contributed by atoms with E-state index in [9.17, 15) is 13.2 Å². The average Bonchev–Trinajstić information content (AvgIpc) is 2.39. The van der Waals surface area contributed by atoms with Crippen molar-refractivity contribution >= 4 is 16.2 Å². The van der Waals surface area contributed by atoms with Gasteiger partial charge in [-0.05, 0) is 33.1 Å². The van der Waals surface area contributed by atoms with Crippen molar-refractivity contribution < 1.29 is 23.1 Å². The smallest absolute Gasteiger partial charge is 0.310 e. The third-order valence-electron chi connectivity index (χ3n) is 3.26. The van der Waals surface area contributed by atoms with Crippen molar-refractivity contribution in [3.8, 4) is 0 Å². The minimum absolute atomic E-state index is 0.0743. The molecule has 1 rings (SSSR count). The standard InChI is InChI=1S/C12H24N2O5S/c1-3-19-12(16)11-5-4-7-14(9-11)20(17,18)13-10(2)6-8-15/h10-11,13,15H,3-9H2,1-2H3. The van der Waals surface area contributed by atoms with Crippen LogP contribution in [0, 0.1) is 5.92 Å². The second-order valence-electron chi connectivity index (χ2n) is 4.99. The van der Waals surface area contributed by atoms with E-state index in [2.05, 4.69) is 4.72 Å². The Bertz CT molecular complexity index is 412. The third kappa shape index (κ3) is 5.01. The molecule has 2 unspecified atom stereocenters. The first-order chi connectivity index (χ1) is 9.40. The molecular formula is C12H24N2O5S. The lowest BCUT2D eigenvalue weighted by molar-refractivity contribution is -0.149. The molecule has 0 aliphatic carbocycles. The average molecular weight is 308 g/mol. The number of ether oxygens (including phenoxy) is 1. The molecule has 7 nitrogen and oxygen atoms in total. The van der Waals surface area contributed by atoms with Gasteiger partial charge in [-0.3, -0.25) is 4.79 Å². The van der Waals surface area contributed by atoms with Crippen molar-refractivity contribution in [3.05, 3.63) is 0 Å². The molecule has 2 atom stereocenters. The number of carbonyl (C=O) groups is 1. The maximum atomic E-state index is 12.2. The fourth-order valence-electron chi connectivity index (χ4n) is 2.19. The van der Waals surface area contributed by atoms with Crippen molar-refractivity contribution in [2.24, 2.45) is 5.92 Å². The molecule has 20 heavy (non-hydrogen) atoms. The first-order valence-electron chi connectivity index (χ1n) is 6.95. The van der Waals surface area contributed by atoms with Crippen LogP contribution in [-0.2, 0) is 19.7 Å². The van der Waals surface area contributed by atoms with Gasteiger partial charge in [0.25, 0.3) is 10.2 Å². The lowest BCUT2D eigenvalue weighted by Crippen LogP contribution is -2.49. The molecule has 1 aliphatic heterocycles. The monoisotopic (exact) mass is 308 g/mol. The van der Waals surface area contributed by atoms with Crippen molar-refractivity contribution in [3.63, 3.8) is 0 Å². The van der Waals surface area contributed by atoms with Gasteiger partial charge in [0.1, 0.15) is 0 Å². The van der Waals surface area contributed by atoms with E-state index in [1.807, 2.05) is 0 Å². The summed E-state index contributed by atoms with van der Waals surface area (Å²) in [7, 11) is -3.62. The molecule has 2 N–H and O–H groups in total. The van der Waals surface area contributed by atoms with Crippen LogP contribution in [0.15, 0.2) is 0 Å². The summed E-state index contributed by atoms with van der Waals surface area (Å²) in [5, 5.41) is 8.81. The van der Waals surface area contributed by atoms with E-state index >= 15 is 0 Å². The van der Waals surface area contributed by atoms with Gasteiger partial charge in [-0.1, -0.05) is 0 Å². The number of nitrogens with one attached hydrogen (secondary N) is 1. The summed E-state index contributed by atoms with van der Waals surface area (Å²) in [4.78, 5) is 11.7. The topological polar surface area (TPSA) is 95.9 Å². The highest BCUT2D eigenvalue weighted by Gasteiger charge is 2.33. The molecule has 0 spiro atoms. The van der Waals surface area contributed by atoms with Crippen LogP contribution in [0.1, 0.15) is 33.1 Å². The van der Waals surface area contributed by atoms with Crippen LogP contribution in [0.2, 0.25) is 0 Å². The summed E-state index contributed by atoms with van der Waals surface area (Å²) in [5.41, 5.74) is 0. The van der Waals surface area contributed by atoms with Gasteiger partial charge >= 0.3 is 5.97 Å². The summed E-state index contributed by atoms with van der Waals surface area (Å²) in [5.74, 6) is -0.732. The van der Waals surface area contributed by atoms with Gasteiger partial charge in [-0.15, -0.1) is 0 Å². The molecule has 0 amide bonds. The lowest BCUT2D eigenvalue weighted by Gasteiger charge is -2.31. The van der Waals surface area contributed by atoms with E-state index in [-0.39, 0.29) is 25.2 Å². The van der Waals surface area contributed by atoms with Gasteiger partial charge in [-0.2, -0.15) is 17.4 Å². The number of carbonyl (C=O) groups excluding carboxylic acids is 1. The molecule has 0 aromatic rings. The zero-order valence-corrected chi connectivity index (χ0v) is 12.9. The van der Waals surface area contributed by atoms with E-state index in [4.69, 9.17) is 9.84 Å². The van der Waals surface area contributed by atoms with Crippen LogP contribution in [0.4, 0.5) is 0 Å². The summed E-state index contributed by atoms with van der Waals surface area (Å²) in [6.45, 7) is 4.20. The number of hydrogen-bond acceptors (Lipinski definition) is 5. The molecule has 0 aromatic heterocycles. The van der Waals surface area contributed by atoms with Gasteiger partial charge in [0.05, 0.1) is 12.5 Å². The molecule has 8 heteroatoms. The molecule has 0 saturated carbocycles. The van der Waals surface area contributed by atoms with Crippen LogP contribution in [0.25, 0.3) is 0 Å². The minimum Gasteiger partial charge on any atom is -0.466 e. The second kappa shape index (κ2) is 7.92. The third-order valence-corrected chi connectivity index (χ3v) is 4.97. The fraction of sp³-hybridized carbons (Fsp3) is 0.917. The Morgan fingerprint density at radius 3 is 2.85 bits per heavy atom. The van der Waals surface area contributed by atoms with Gasteiger partial charge in [0.15, 0.2) is 0 Å². The van der Waals surface area contributed by atoms with E-state index < -0.39 is 16.1 Å². The maximum Gasteiger partial charge on any atom is 0.310 e. The number of esters is 1. The largest absolute Gasteiger partial charge is 0.466 e. The number of hydrogen-bond donors (Lipinski definition) is 2. The zero-order chi connectivity index (χ0) is 15.2. The number of nitrogens with zero attached hydrogens (tertiary/aromatic N) is 1. The molecule has 1 heterocycles. The highest BCUT2D eigenvalue weighted by molar-refractivity contribution is 7.87. The van der Waals surface area contributed by atoms with E-state index in [0.717, 1.165) is 0 Å². The summed E-state index contributed by atoms with van der Waals surface area (Å²) >= 11 is 0. The predicted molar refractivity (Wildman–Crippen MR) is 74.2 cm³/mol. The minimum atomic E-state index is -3.62. The van der Waals surface area contributed by atoms with Crippen molar-refractivity contribution in [2.45, 2.75) is 39.2 Å². The van der Waals surface area contributed by atoms with E-state index in [1.54, 1.807) is 13.8 Å². The Labute approximate surface area is 120 Å². The molecule has 1 aliphatic rings. The second-order valence-corrected chi connectivity index (χ2v) is 6.69. The number of rotatable bonds is 7. The molecule has 1 saturated heterocycles. The fourth-order valence-corrected chi connectivity index (χ4v) is 3.72. The highest BCUT2D eigenvalue weighted by Crippen LogP contribution is 2.20. The Hall–Kier alpha value is -0.700. The first-order valence-corrected chi connectivity index (χ1v) is 8.39. The Kier molecular flexibility index (Phi) is 6.87. The summed E-state index contributed by atoms with van der Waals surface area (Å²) < 4.78 is 33.1. The molecule has 118 valence electrons. The normalized spacial score (nSPS) is 22.4. The van der Waals surface area contributed by atoms with Gasteiger partial charge in [0.2, 0.25) is 0 Å². The molecule has 0 bridgehead atoms. The van der Waals surface area contributed by atoms with E-state index in [1.165, 1.54) is 4.31 Å². The SMILES string of the molecule is CCOC(=O)C1CCCN(S(=O)(=O)NC(C)CCO)C1. The summed E-state index contributed by atoms with van der Waals surface area (Å²) in [6.07, 6.45) is 1.64. The Morgan fingerprint density at radius 2 is 2.25 bits per heavy atom. The number of aliphatic hydroxyl groups excluding tert-OH is 1. The number of piperidine rings is 1. The Balaban J connectivity index is 2.63. The van der Waals surface area contributed by atoms with Crippen molar-refractivity contribution in [1.82, 2.24) is 9.03 Å². The van der Waals surface area contributed by atoms with Crippen LogP contribution >= 0.6 is 0 Å². The summed E-state index contributed by atoms with van der Waals surface area (Å²) in [6, 6.07) is -0.340. The van der Waals surface area contributed by atoms with Gasteiger partial charge in [-0.25, -0.2) is 0 Å². The van der Waals surface area contributed by atoms with E-state index in [0.29, 0.717) is 32.4 Å². The molecule has 1 fully saturated rings. The van der Waals surface area contributed by atoms with Crippen LogP contribution < -0.4 is 4.72 Å². The van der Waals surface area contributed by atoms with Gasteiger partial charge in [0, 0.05) is 25.7 Å². The highest BCUT2D eigenvalue weighted by atomic mass is 32.2. The van der Waals surface area contributed by atoms with Gasteiger partial charge < -0.3 is 9.84 Å². The first kappa shape index (κ1) is 17.4. The molecule has 0 aromatic carbocycles. The van der Waals surface area contributed by atoms with Crippen LogP contribution in [0.3, 0.4) is 0 Å². The number of aliphatic hydroxyl groups is 1.